The van der Waals surface area contributed by atoms with Crippen LogP contribution in [-0.2, 0) is 0 Å². The number of hydrogen-bond donors (Lipinski definition) is 1. The van der Waals surface area contributed by atoms with E-state index in [2.05, 4.69) is 13.5 Å². The van der Waals surface area contributed by atoms with Gasteiger partial charge in [0.1, 0.15) is 0 Å². The molecule has 1 saturated carbocycles. The van der Waals surface area contributed by atoms with Gasteiger partial charge in [0.15, 0.2) is 0 Å². The summed E-state index contributed by atoms with van der Waals surface area (Å²) >= 11 is 0. The summed E-state index contributed by atoms with van der Waals surface area (Å²) in [6.07, 6.45) is 4.25. The van der Waals surface area contributed by atoms with Crippen LogP contribution in [0.25, 0.3) is 0 Å². The molecule has 1 heteroatoms. The third kappa shape index (κ3) is 1.84. The lowest BCUT2D eigenvalue weighted by atomic mass is 10.1. The van der Waals surface area contributed by atoms with Gasteiger partial charge in [0.2, 0.25) is 0 Å². The summed E-state index contributed by atoms with van der Waals surface area (Å²) in [4.78, 5) is 0. The third-order valence-electron chi connectivity index (χ3n) is 2.16. The highest BCUT2D eigenvalue weighted by Gasteiger charge is 2.33. The molecule has 0 aliphatic heterocycles. The lowest BCUT2D eigenvalue weighted by Crippen LogP contribution is -2.08. The van der Waals surface area contributed by atoms with Gasteiger partial charge in [0.05, 0.1) is 6.10 Å². The monoisotopic (exact) mass is 140 g/mol. The Balaban J connectivity index is 2.10. The highest BCUT2D eigenvalue weighted by Crippen LogP contribution is 2.40. The second-order valence-corrected chi connectivity index (χ2v) is 3.18. The molecule has 0 spiro atoms. The molecule has 1 N–H and O–H groups in total. The molecule has 58 valence electrons. The Bertz CT molecular complexity index is 129. The van der Waals surface area contributed by atoms with Crippen molar-refractivity contribution in [1.29, 1.82) is 0 Å². The van der Waals surface area contributed by atoms with E-state index in [1.54, 1.807) is 0 Å². The average molecular weight is 140 g/mol. The van der Waals surface area contributed by atoms with Crippen molar-refractivity contribution in [2.45, 2.75) is 38.7 Å². The van der Waals surface area contributed by atoms with Crippen LogP contribution in [0.1, 0.15) is 32.6 Å². The van der Waals surface area contributed by atoms with Gasteiger partial charge in [-0.3, -0.25) is 0 Å². The van der Waals surface area contributed by atoms with Gasteiger partial charge in [-0.05, 0) is 12.8 Å². The first-order chi connectivity index (χ1) is 4.75. The molecule has 1 aliphatic rings. The van der Waals surface area contributed by atoms with E-state index in [4.69, 9.17) is 0 Å². The Morgan fingerprint density at radius 1 is 1.80 bits per heavy atom. The van der Waals surface area contributed by atoms with E-state index in [1.807, 2.05) is 0 Å². The fraction of sp³-hybridized carbons (Fsp3) is 0.778. The van der Waals surface area contributed by atoms with Crippen molar-refractivity contribution in [3.63, 3.8) is 0 Å². The zero-order valence-electron chi connectivity index (χ0n) is 6.64. The quantitative estimate of drug-likeness (QED) is 0.593. The van der Waals surface area contributed by atoms with Crippen molar-refractivity contribution in [2.75, 3.05) is 0 Å². The minimum atomic E-state index is -0.0903. The van der Waals surface area contributed by atoms with Crippen LogP contribution >= 0.6 is 0 Å². The van der Waals surface area contributed by atoms with Crippen LogP contribution in [0.2, 0.25) is 0 Å². The molecule has 10 heavy (non-hydrogen) atoms. The summed E-state index contributed by atoms with van der Waals surface area (Å²) in [5, 5.41) is 9.43. The van der Waals surface area contributed by atoms with E-state index < -0.39 is 0 Å². The zero-order chi connectivity index (χ0) is 7.56. The van der Waals surface area contributed by atoms with E-state index in [-0.39, 0.29) is 6.10 Å². The molecular weight excluding hydrogens is 124 g/mol. The topological polar surface area (TPSA) is 20.2 Å². The smallest absolute Gasteiger partial charge is 0.0608 e. The van der Waals surface area contributed by atoms with Gasteiger partial charge in [-0.1, -0.05) is 31.9 Å². The van der Waals surface area contributed by atoms with Gasteiger partial charge >= 0.3 is 0 Å². The van der Waals surface area contributed by atoms with Gasteiger partial charge in [-0.2, -0.15) is 0 Å². The SMILES string of the molecule is C=C1C[C@@H]1[C@H](O)CCCC. The molecule has 2 atom stereocenters. The van der Waals surface area contributed by atoms with Crippen molar-refractivity contribution in [3.8, 4) is 0 Å². The normalized spacial score (nSPS) is 26.6. The molecule has 0 saturated heterocycles. The molecule has 1 aliphatic carbocycles. The van der Waals surface area contributed by atoms with E-state index in [9.17, 15) is 5.11 Å². The van der Waals surface area contributed by atoms with E-state index >= 15 is 0 Å². The molecule has 0 radical (unpaired) electrons. The van der Waals surface area contributed by atoms with Crippen LogP contribution in [0.5, 0.6) is 0 Å². The fourth-order valence-electron chi connectivity index (χ4n) is 1.25. The molecule has 1 rings (SSSR count). The minimum Gasteiger partial charge on any atom is -0.392 e. The first kappa shape index (κ1) is 7.80. The average Bonchev–Trinajstić information content (AvgIpc) is 2.62. The molecule has 0 bridgehead atoms. The van der Waals surface area contributed by atoms with Crippen molar-refractivity contribution in [2.24, 2.45) is 5.92 Å². The van der Waals surface area contributed by atoms with Gasteiger partial charge in [0, 0.05) is 5.92 Å². The highest BCUT2D eigenvalue weighted by molar-refractivity contribution is 5.20. The number of rotatable bonds is 4. The van der Waals surface area contributed by atoms with Crippen LogP contribution in [0.3, 0.4) is 0 Å². The maximum absolute atomic E-state index is 9.43. The van der Waals surface area contributed by atoms with E-state index in [1.165, 1.54) is 12.0 Å². The van der Waals surface area contributed by atoms with Crippen LogP contribution in [0.4, 0.5) is 0 Å². The summed E-state index contributed by atoms with van der Waals surface area (Å²) in [5.41, 5.74) is 1.24. The highest BCUT2D eigenvalue weighted by atomic mass is 16.3. The Morgan fingerprint density at radius 3 is 2.80 bits per heavy atom. The van der Waals surface area contributed by atoms with Crippen LogP contribution < -0.4 is 0 Å². The lowest BCUT2D eigenvalue weighted by molar-refractivity contribution is 0.143. The number of aliphatic hydroxyl groups excluding tert-OH is 1. The third-order valence-corrected chi connectivity index (χ3v) is 2.16. The number of hydrogen-bond acceptors (Lipinski definition) is 1. The fourth-order valence-corrected chi connectivity index (χ4v) is 1.25. The van der Waals surface area contributed by atoms with Crippen molar-refractivity contribution >= 4 is 0 Å². The van der Waals surface area contributed by atoms with E-state index in [0.717, 1.165) is 19.3 Å². The van der Waals surface area contributed by atoms with Gasteiger partial charge < -0.3 is 5.11 Å². The Morgan fingerprint density at radius 2 is 2.40 bits per heavy atom. The first-order valence-electron chi connectivity index (χ1n) is 4.11. The first-order valence-corrected chi connectivity index (χ1v) is 4.11. The van der Waals surface area contributed by atoms with Gasteiger partial charge in [0.25, 0.3) is 0 Å². The van der Waals surface area contributed by atoms with Gasteiger partial charge in [-0.15, -0.1) is 0 Å². The second kappa shape index (κ2) is 3.20. The molecule has 1 nitrogen and oxygen atoms in total. The van der Waals surface area contributed by atoms with Crippen LogP contribution in [0, 0.1) is 5.92 Å². The minimum absolute atomic E-state index is 0.0903. The van der Waals surface area contributed by atoms with Gasteiger partial charge in [-0.25, -0.2) is 0 Å². The lowest BCUT2D eigenvalue weighted by Gasteiger charge is -2.05. The standard InChI is InChI=1S/C9H16O/c1-3-4-5-9(10)8-6-7(8)2/h8-10H,2-6H2,1H3/t8-,9+/m0/s1. The van der Waals surface area contributed by atoms with E-state index in [0.29, 0.717) is 5.92 Å². The summed E-state index contributed by atoms with van der Waals surface area (Å²) in [6.45, 7) is 5.96. The maximum atomic E-state index is 9.43. The van der Waals surface area contributed by atoms with Crippen molar-refractivity contribution in [1.82, 2.24) is 0 Å². The predicted molar refractivity (Wildman–Crippen MR) is 42.8 cm³/mol. The zero-order valence-corrected chi connectivity index (χ0v) is 6.64. The van der Waals surface area contributed by atoms with Crippen molar-refractivity contribution in [3.05, 3.63) is 12.2 Å². The summed E-state index contributed by atoms with van der Waals surface area (Å²) < 4.78 is 0. The Kier molecular flexibility index (Phi) is 2.50. The second-order valence-electron chi connectivity index (χ2n) is 3.18. The molecule has 0 unspecified atom stereocenters. The summed E-state index contributed by atoms with van der Waals surface area (Å²) in [5.74, 6) is 0.451. The molecule has 0 amide bonds. The predicted octanol–water partition coefficient (Wildman–Crippen LogP) is 2.11. The molecule has 0 aromatic heterocycles. The molecular formula is C9H16O. The molecule has 0 heterocycles. The molecule has 0 aromatic carbocycles. The Labute approximate surface area is 62.8 Å². The number of aliphatic hydroxyl groups is 1. The Hall–Kier alpha value is -0.300. The largest absolute Gasteiger partial charge is 0.392 e. The van der Waals surface area contributed by atoms with Crippen LogP contribution in [0.15, 0.2) is 12.2 Å². The number of unbranched alkanes of at least 4 members (excludes halogenated alkanes) is 1. The maximum Gasteiger partial charge on any atom is 0.0608 e. The summed E-state index contributed by atoms with van der Waals surface area (Å²) in [6, 6.07) is 0. The van der Waals surface area contributed by atoms with Crippen molar-refractivity contribution < 1.29 is 5.11 Å². The van der Waals surface area contributed by atoms with Crippen LogP contribution in [-0.4, -0.2) is 11.2 Å². The summed E-state index contributed by atoms with van der Waals surface area (Å²) in [7, 11) is 0. The molecule has 1 fully saturated rings. The molecule has 0 aromatic rings.